The number of aryl methyl sites for hydroxylation is 1. The molecule has 0 aliphatic carbocycles. The molecule has 0 spiro atoms. The zero-order valence-electron chi connectivity index (χ0n) is 11.0. The number of anilines is 1. The highest BCUT2D eigenvalue weighted by molar-refractivity contribution is 9.10. The summed E-state index contributed by atoms with van der Waals surface area (Å²) in [7, 11) is 1.60. The van der Waals surface area contributed by atoms with Gasteiger partial charge in [-0.2, -0.15) is 11.8 Å². The third kappa shape index (κ3) is 3.64. The lowest BCUT2D eigenvalue weighted by molar-refractivity contribution is -0.117. The Labute approximate surface area is 125 Å². The number of amides is 1. The molecule has 1 heterocycles. The number of benzene rings is 1. The maximum Gasteiger partial charge on any atom is 0.242 e. The van der Waals surface area contributed by atoms with Gasteiger partial charge in [-0.15, -0.1) is 0 Å². The average Bonchev–Trinajstić information content (AvgIpc) is 2.42. The van der Waals surface area contributed by atoms with Crippen LogP contribution in [0.2, 0.25) is 0 Å². The van der Waals surface area contributed by atoms with Gasteiger partial charge < -0.3 is 15.4 Å². The molecule has 6 heteroatoms. The van der Waals surface area contributed by atoms with Gasteiger partial charge in [-0.05, 0) is 24.6 Å². The highest BCUT2D eigenvalue weighted by Gasteiger charge is 2.22. The molecule has 1 aromatic rings. The average molecular weight is 345 g/mol. The van der Waals surface area contributed by atoms with Crippen LogP contribution in [0, 0.1) is 6.92 Å². The molecular formula is C13H17BrN2O2S. The Balaban J connectivity index is 2.15. The van der Waals surface area contributed by atoms with E-state index < -0.39 is 0 Å². The van der Waals surface area contributed by atoms with Crippen LogP contribution in [0.5, 0.6) is 5.75 Å². The number of hydrogen-bond donors (Lipinski definition) is 2. The van der Waals surface area contributed by atoms with Crippen molar-refractivity contribution >= 4 is 39.3 Å². The Kier molecular flexibility index (Phi) is 5.13. The SMILES string of the molecule is COc1cc(Br)cc(C)c1NC(=O)C1CSCCN1. The zero-order valence-corrected chi connectivity index (χ0v) is 13.4. The Morgan fingerprint density at radius 2 is 2.37 bits per heavy atom. The first-order valence-electron chi connectivity index (χ1n) is 6.08. The molecule has 0 aromatic heterocycles. The van der Waals surface area contributed by atoms with Gasteiger partial charge in [0.25, 0.3) is 0 Å². The van der Waals surface area contributed by atoms with Crippen molar-refractivity contribution in [1.82, 2.24) is 5.32 Å². The fraction of sp³-hybridized carbons (Fsp3) is 0.462. The number of methoxy groups -OCH3 is 1. The smallest absolute Gasteiger partial charge is 0.242 e. The molecule has 0 saturated carbocycles. The maximum absolute atomic E-state index is 12.2. The van der Waals surface area contributed by atoms with Gasteiger partial charge in [0.2, 0.25) is 5.91 Å². The Bertz CT molecular complexity index is 476. The second-order valence-electron chi connectivity index (χ2n) is 4.37. The fourth-order valence-electron chi connectivity index (χ4n) is 1.98. The predicted molar refractivity (Wildman–Crippen MR) is 83.2 cm³/mol. The van der Waals surface area contributed by atoms with E-state index in [2.05, 4.69) is 26.6 Å². The summed E-state index contributed by atoms with van der Waals surface area (Å²) in [6, 6.07) is 3.68. The van der Waals surface area contributed by atoms with Crippen LogP contribution in [0.15, 0.2) is 16.6 Å². The van der Waals surface area contributed by atoms with Crippen LogP contribution in [0.3, 0.4) is 0 Å². The van der Waals surface area contributed by atoms with Crippen molar-refractivity contribution in [3.8, 4) is 5.75 Å². The lowest BCUT2D eigenvalue weighted by atomic mass is 10.1. The van der Waals surface area contributed by atoms with Crippen molar-refractivity contribution in [3.63, 3.8) is 0 Å². The minimum atomic E-state index is -0.133. The van der Waals surface area contributed by atoms with E-state index in [9.17, 15) is 4.79 Å². The predicted octanol–water partition coefficient (Wildman–Crippen LogP) is 2.41. The number of thioether (sulfide) groups is 1. The summed E-state index contributed by atoms with van der Waals surface area (Å²) >= 11 is 5.22. The summed E-state index contributed by atoms with van der Waals surface area (Å²) in [5, 5.41) is 6.19. The summed E-state index contributed by atoms with van der Waals surface area (Å²) in [5.74, 6) is 2.54. The largest absolute Gasteiger partial charge is 0.495 e. The fourth-order valence-corrected chi connectivity index (χ4v) is 3.46. The van der Waals surface area contributed by atoms with E-state index >= 15 is 0 Å². The van der Waals surface area contributed by atoms with Crippen LogP contribution in [-0.2, 0) is 4.79 Å². The molecule has 1 atom stereocenters. The molecule has 1 aliphatic rings. The molecule has 1 aliphatic heterocycles. The Morgan fingerprint density at radius 1 is 1.58 bits per heavy atom. The highest BCUT2D eigenvalue weighted by atomic mass is 79.9. The number of ether oxygens (including phenoxy) is 1. The lowest BCUT2D eigenvalue weighted by Gasteiger charge is -2.23. The number of rotatable bonds is 3. The molecule has 1 amide bonds. The summed E-state index contributed by atoms with van der Waals surface area (Å²) in [4.78, 5) is 12.2. The van der Waals surface area contributed by atoms with E-state index in [0.29, 0.717) is 5.75 Å². The minimum Gasteiger partial charge on any atom is -0.495 e. The van der Waals surface area contributed by atoms with Crippen LogP contribution in [0.25, 0.3) is 0 Å². The molecular weight excluding hydrogens is 328 g/mol. The minimum absolute atomic E-state index is 0.00378. The first-order chi connectivity index (χ1) is 9.11. The highest BCUT2D eigenvalue weighted by Crippen LogP contribution is 2.32. The van der Waals surface area contributed by atoms with E-state index in [4.69, 9.17) is 4.74 Å². The van der Waals surface area contributed by atoms with E-state index in [1.807, 2.05) is 19.1 Å². The van der Waals surface area contributed by atoms with E-state index in [1.165, 1.54) is 0 Å². The van der Waals surface area contributed by atoms with Gasteiger partial charge in [0.1, 0.15) is 5.75 Å². The van der Waals surface area contributed by atoms with Gasteiger partial charge in [0, 0.05) is 22.5 Å². The van der Waals surface area contributed by atoms with Crippen molar-refractivity contribution < 1.29 is 9.53 Å². The standard InChI is InChI=1S/C13H17BrN2O2S/c1-8-5-9(14)6-11(18-2)12(8)16-13(17)10-7-19-4-3-15-10/h5-6,10,15H,3-4,7H2,1-2H3,(H,16,17). The number of nitrogens with one attached hydrogen (secondary N) is 2. The van der Waals surface area contributed by atoms with Crippen molar-refractivity contribution in [2.75, 3.05) is 30.5 Å². The molecule has 0 bridgehead atoms. The Hall–Kier alpha value is -0.720. The third-order valence-corrected chi connectivity index (χ3v) is 4.49. The molecule has 2 rings (SSSR count). The Morgan fingerprint density at radius 3 is 3.00 bits per heavy atom. The van der Waals surface area contributed by atoms with Crippen molar-refractivity contribution in [2.45, 2.75) is 13.0 Å². The van der Waals surface area contributed by atoms with Crippen molar-refractivity contribution in [3.05, 3.63) is 22.2 Å². The molecule has 1 unspecified atom stereocenters. The van der Waals surface area contributed by atoms with E-state index in [-0.39, 0.29) is 11.9 Å². The van der Waals surface area contributed by atoms with Crippen molar-refractivity contribution in [1.29, 1.82) is 0 Å². The molecule has 4 nitrogen and oxygen atoms in total. The van der Waals surface area contributed by atoms with Gasteiger partial charge in [-0.3, -0.25) is 4.79 Å². The molecule has 19 heavy (non-hydrogen) atoms. The van der Waals surface area contributed by atoms with Crippen LogP contribution in [-0.4, -0.2) is 37.1 Å². The first kappa shape index (κ1) is 14.7. The first-order valence-corrected chi connectivity index (χ1v) is 8.02. The van der Waals surface area contributed by atoms with Crippen LogP contribution in [0.4, 0.5) is 5.69 Å². The molecule has 104 valence electrons. The molecule has 1 fully saturated rings. The number of carbonyl (C=O) groups is 1. The number of halogens is 1. The van der Waals surface area contributed by atoms with Gasteiger partial charge in [-0.25, -0.2) is 0 Å². The normalized spacial score (nSPS) is 19.0. The van der Waals surface area contributed by atoms with Gasteiger partial charge >= 0.3 is 0 Å². The third-order valence-electron chi connectivity index (χ3n) is 2.97. The van der Waals surface area contributed by atoms with Gasteiger partial charge in [-0.1, -0.05) is 15.9 Å². The van der Waals surface area contributed by atoms with Gasteiger partial charge in [0.05, 0.1) is 18.8 Å². The van der Waals surface area contributed by atoms with Crippen molar-refractivity contribution in [2.24, 2.45) is 0 Å². The second kappa shape index (κ2) is 6.63. The second-order valence-corrected chi connectivity index (χ2v) is 6.44. The van der Waals surface area contributed by atoms with Crippen LogP contribution in [0.1, 0.15) is 5.56 Å². The van der Waals surface area contributed by atoms with Gasteiger partial charge in [0.15, 0.2) is 0 Å². The summed E-state index contributed by atoms with van der Waals surface area (Å²) in [6.45, 7) is 2.82. The molecule has 1 saturated heterocycles. The van der Waals surface area contributed by atoms with E-state index in [1.54, 1.807) is 18.9 Å². The monoisotopic (exact) mass is 344 g/mol. The number of carbonyl (C=O) groups excluding carboxylic acids is 1. The maximum atomic E-state index is 12.2. The van der Waals surface area contributed by atoms with E-state index in [0.717, 1.165) is 33.8 Å². The summed E-state index contributed by atoms with van der Waals surface area (Å²) in [5.41, 5.74) is 1.72. The summed E-state index contributed by atoms with van der Waals surface area (Å²) in [6.07, 6.45) is 0. The quantitative estimate of drug-likeness (QED) is 0.883. The number of hydrogen-bond acceptors (Lipinski definition) is 4. The zero-order chi connectivity index (χ0) is 13.8. The van der Waals surface area contributed by atoms with Crippen LogP contribution >= 0.6 is 27.7 Å². The lowest BCUT2D eigenvalue weighted by Crippen LogP contribution is -2.46. The van der Waals surface area contributed by atoms with Crippen LogP contribution < -0.4 is 15.4 Å². The molecule has 0 radical (unpaired) electrons. The molecule has 2 N–H and O–H groups in total. The summed E-state index contributed by atoms with van der Waals surface area (Å²) < 4.78 is 6.26. The topological polar surface area (TPSA) is 50.4 Å². The molecule has 1 aromatic carbocycles.